The van der Waals surface area contributed by atoms with Gasteiger partial charge in [0.25, 0.3) is 17.5 Å². The number of halogens is 2. The molecule has 2 aromatic rings. The summed E-state index contributed by atoms with van der Waals surface area (Å²) < 4.78 is 0. The molecule has 2 amide bonds. The Morgan fingerprint density at radius 2 is 1.90 bits per heavy atom. The second kappa shape index (κ2) is 9.99. The first-order valence-corrected chi connectivity index (χ1v) is 9.28. The van der Waals surface area contributed by atoms with E-state index in [1.807, 2.05) is 0 Å². The Balaban J connectivity index is 2.06. The van der Waals surface area contributed by atoms with Gasteiger partial charge in [-0.3, -0.25) is 19.7 Å². The number of amides is 2. The van der Waals surface area contributed by atoms with Gasteiger partial charge in [0.2, 0.25) is 0 Å². The monoisotopic (exact) mass is 436 g/mol. The van der Waals surface area contributed by atoms with Crippen LogP contribution in [-0.4, -0.2) is 29.0 Å². The van der Waals surface area contributed by atoms with Gasteiger partial charge in [-0.25, -0.2) is 5.43 Å². The third-order valence-corrected chi connectivity index (χ3v) is 4.43. The number of carbonyl (C=O) groups is 2. The van der Waals surface area contributed by atoms with Gasteiger partial charge in [-0.15, -0.1) is 0 Å². The normalized spacial score (nSPS) is 12.0. The van der Waals surface area contributed by atoms with Crippen LogP contribution in [-0.2, 0) is 4.79 Å². The molecular formula is C19H18Cl2N4O4. The van der Waals surface area contributed by atoms with Gasteiger partial charge in [0.1, 0.15) is 11.1 Å². The van der Waals surface area contributed by atoms with E-state index >= 15 is 0 Å². The summed E-state index contributed by atoms with van der Waals surface area (Å²) in [4.78, 5) is 35.1. The average Bonchev–Trinajstić information content (AvgIpc) is 2.66. The number of nitrogens with one attached hydrogen (secondary N) is 2. The van der Waals surface area contributed by atoms with E-state index in [0.29, 0.717) is 16.1 Å². The zero-order valence-electron chi connectivity index (χ0n) is 15.6. The topological polar surface area (TPSA) is 114 Å². The van der Waals surface area contributed by atoms with Crippen LogP contribution in [0.25, 0.3) is 0 Å². The molecule has 1 atom stereocenters. The standard InChI is InChI=1S/C19H18Cl2N4O4/c1-11(2)17(23-18(26)13-4-3-5-14(20)9-13)19(27)24-22-10-12-6-7-15(21)16(8-12)25(28)29/h3-11,17H,1-2H3,(H,23,26)(H,24,27). The largest absolute Gasteiger partial charge is 0.340 e. The van der Waals surface area contributed by atoms with Crippen molar-refractivity contribution >= 4 is 46.9 Å². The van der Waals surface area contributed by atoms with Crippen molar-refractivity contribution in [2.45, 2.75) is 19.9 Å². The van der Waals surface area contributed by atoms with Gasteiger partial charge in [0.15, 0.2) is 0 Å². The molecule has 0 aromatic heterocycles. The van der Waals surface area contributed by atoms with E-state index in [4.69, 9.17) is 23.2 Å². The number of hydrogen-bond donors (Lipinski definition) is 2. The minimum absolute atomic E-state index is 0.000199. The number of nitrogens with zero attached hydrogens (tertiary/aromatic N) is 2. The van der Waals surface area contributed by atoms with Crippen LogP contribution in [0.5, 0.6) is 0 Å². The van der Waals surface area contributed by atoms with E-state index in [9.17, 15) is 19.7 Å². The predicted octanol–water partition coefficient (Wildman–Crippen LogP) is 3.81. The highest BCUT2D eigenvalue weighted by Gasteiger charge is 2.24. The molecule has 0 aliphatic heterocycles. The summed E-state index contributed by atoms with van der Waals surface area (Å²) in [6.07, 6.45) is 1.25. The Hall–Kier alpha value is -2.97. The maximum Gasteiger partial charge on any atom is 0.288 e. The molecule has 0 saturated carbocycles. The summed E-state index contributed by atoms with van der Waals surface area (Å²) in [7, 11) is 0. The fourth-order valence-corrected chi connectivity index (χ4v) is 2.76. The van der Waals surface area contributed by atoms with Gasteiger partial charge in [-0.05, 0) is 30.2 Å². The summed E-state index contributed by atoms with van der Waals surface area (Å²) in [6, 6.07) is 9.63. The molecule has 29 heavy (non-hydrogen) atoms. The van der Waals surface area contributed by atoms with E-state index in [-0.39, 0.29) is 16.6 Å². The lowest BCUT2D eigenvalue weighted by molar-refractivity contribution is -0.384. The first kappa shape index (κ1) is 22.3. The third kappa shape index (κ3) is 6.27. The first-order valence-electron chi connectivity index (χ1n) is 8.52. The Morgan fingerprint density at radius 1 is 1.17 bits per heavy atom. The van der Waals surface area contributed by atoms with E-state index in [1.54, 1.807) is 32.0 Å². The fourth-order valence-electron chi connectivity index (χ4n) is 2.38. The lowest BCUT2D eigenvalue weighted by Gasteiger charge is -2.20. The highest BCUT2D eigenvalue weighted by atomic mass is 35.5. The summed E-state index contributed by atoms with van der Waals surface area (Å²) in [5, 5.41) is 17.8. The Morgan fingerprint density at radius 3 is 2.52 bits per heavy atom. The van der Waals surface area contributed by atoms with Crippen LogP contribution in [0, 0.1) is 16.0 Å². The zero-order valence-corrected chi connectivity index (χ0v) is 17.1. The van der Waals surface area contributed by atoms with Gasteiger partial charge < -0.3 is 5.32 Å². The number of carbonyl (C=O) groups excluding carboxylic acids is 2. The van der Waals surface area contributed by atoms with Crippen LogP contribution < -0.4 is 10.7 Å². The molecule has 0 spiro atoms. The molecule has 2 aromatic carbocycles. The molecule has 0 aliphatic rings. The molecule has 0 bridgehead atoms. The number of nitro groups is 1. The summed E-state index contributed by atoms with van der Waals surface area (Å²) in [6.45, 7) is 3.55. The molecule has 0 aliphatic carbocycles. The van der Waals surface area contributed by atoms with Gasteiger partial charge in [0.05, 0.1) is 11.1 Å². The lowest BCUT2D eigenvalue weighted by Crippen LogP contribution is -2.48. The molecule has 10 heteroatoms. The fraction of sp³-hybridized carbons (Fsp3) is 0.211. The van der Waals surface area contributed by atoms with E-state index in [0.717, 1.165) is 0 Å². The third-order valence-electron chi connectivity index (χ3n) is 3.88. The second-order valence-electron chi connectivity index (χ2n) is 6.41. The number of nitro benzene ring substituents is 1. The van der Waals surface area contributed by atoms with Crippen LogP contribution in [0.3, 0.4) is 0 Å². The van der Waals surface area contributed by atoms with Crippen molar-refractivity contribution in [3.05, 3.63) is 73.8 Å². The molecule has 2 N–H and O–H groups in total. The first-order chi connectivity index (χ1) is 13.7. The highest BCUT2D eigenvalue weighted by molar-refractivity contribution is 6.32. The Labute approximate surface area is 177 Å². The molecule has 8 nitrogen and oxygen atoms in total. The summed E-state index contributed by atoms with van der Waals surface area (Å²) in [5.41, 5.74) is 2.77. The van der Waals surface area contributed by atoms with Gasteiger partial charge in [0, 0.05) is 22.2 Å². The van der Waals surface area contributed by atoms with Crippen molar-refractivity contribution in [3.8, 4) is 0 Å². The van der Waals surface area contributed by atoms with Crippen molar-refractivity contribution < 1.29 is 14.5 Å². The number of rotatable bonds is 7. The van der Waals surface area contributed by atoms with Crippen molar-refractivity contribution in [2.75, 3.05) is 0 Å². The Kier molecular flexibility index (Phi) is 7.69. The molecule has 0 saturated heterocycles. The smallest absolute Gasteiger partial charge is 0.288 e. The molecule has 0 fully saturated rings. The van der Waals surface area contributed by atoms with Gasteiger partial charge in [-0.1, -0.05) is 49.2 Å². The van der Waals surface area contributed by atoms with Crippen LogP contribution in [0.4, 0.5) is 5.69 Å². The van der Waals surface area contributed by atoms with E-state index in [1.165, 1.54) is 30.5 Å². The van der Waals surface area contributed by atoms with Crippen LogP contribution >= 0.6 is 23.2 Å². The van der Waals surface area contributed by atoms with E-state index < -0.39 is 22.8 Å². The quantitative estimate of drug-likeness (QED) is 0.390. The second-order valence-corrected chi connectivity index (χ2v) is 7.25. The minimum Gasteiger partial charge on any atom is -0.340 e. The average molecular weight is 437 g/mol. The van der Waals surface area contributed by atoms with Crippen molar-refractivity contribution in [1.29, 1.82) is 0 Å². The Bertz CT molecular complexity index is 963. The number of benzene rings is 2. The molecule has 2 rings (SSSR count). The van der Waals surface area contributed by atoms with Crippen molar-refractivity contribution in [2.24, 2.45) is 11.0 Å². The maximum absolute atomic E-state index is 12.4. The predicted molar refractivity (Wildman–Crippen MR) is 111 cm³/mol. The van der Waals surface area contributed by atoms with Crippen LogP contribution in [0.1, 0.15) is 29.8 Å². The molecular weight excluding hydrogens is 419 g/mol. The summed E-state index contributed by atoms with van der Waals surface area (Å²) in [5.74, 6) is -1.20. The van der Waals surface area contributed by atoms with Gasteiger partial charge in [-0.2, -0.15) is 5.10 Å². The lowest BCUT2D eigenvalue weighted by atomic mass is 10.0. The molecule has 152 valence electrons. The maximum atomic E-state index is 12.4. The molecule has 1 unspecified atom stereocenters. The summed E-state index contributed by atoms with van der Waals surface area (Å²) >= 11 is 11.6. The molecule has 0 radical (unpaired) electrons. The molecule has 0 heterocycles. The van der Waals surface area contributed by atoms with Crippen LogP contribution in [0.2, 0.25) is 10.0 Å². The van der Waals surface area contributed by atoms with Crippen LogP contribution in [0.15, 0.2) is 47.6 Å². The van der Waals surface area contributed by atoms with Crippen molar-refractivity contribution in [1.82, 2.24) is 10.7 Å². The van der Waals surface area contributed by atoms with Gasteiger partial charge >= 0.3 is 0 Å². The minimum atomic E-state index is -0.849. The number of hydrogen-bond acceptors (Lipinski definition) is 5. The van der Waals surface area contributed by atoms with Crippen molar-refractivity contribution in [3.63, 3.8) is 0 Å². The zero-order chi connectivity index (χ0) is 21.6. The SMILES string of the molecule is CC(C)C(NC(=O)c1cccc(Cl)c1)C(=O)NN=Cc1ccc(Cl)c([N+](=O)[O-])c1. The highest BCUT2D eigenvalue weighted by Crippen LogP contribution is 2.24. The number of hydrazone groups is 1. The van der Waals surface area contributed by atoms with E-state index in [2.05, 4.69) is 15.8 Å².